The van der Waals surface area contributed by atoms with Crippen LogP contribution >= 0.6 is 0 Å². The molecule has 1 aliphatic heterocycles. The topological polar surface area (TPSA) is 69.6 Å². The molecule has 20 heavy (non-hydrogen) atoms. The van der Waals surface area contributed by atoms with Gasteiger partial charge in [0.05, 0.1) is 5.92 Å². The van der Waals surface area contributed by atoms with Gasteiger partial charge in [-0.05, 0) is 24.5 Å². The number of amides is 2. The predicted molar refractivity (Wildman–Crippen MR) is 76.9 cm³/mol. The number of aliphatic carboxylic acids is 1. The molecule has 0 radical (unpaired) electrons. The van der Waals surface area contributed by atoms with Gasteiger partial charge in [-0.1, -0.05) is 31.5 Å². The first-order valence-electron chi connectivity index (χ1n) is 6.99. The molecule has 1 atom stereocenters. The summed E-state index contributed by atoms with van der Waals surface area (Å²) in [7, 11) is 0. The number of carbonyl (C=O) groups is 2. The summed E-state index contributed by atoms with van der Waals surface area (Å²) in [6.07, 6.45) is 2.21. The summed E-state index contributed by atoms with van der Waals surface area (Å²) in [6, 6.07) is 7.59. The average molecular weight is 276 g/mol. The van der Waals surface area contributed by atoms with Crippen molar-refractivity contribution in [3.63, 3.8) is 0 Å². The largest absolute Gasteiger partial charge is 0.481 e. The molecule has 2 amide bonds. The number of nitrogens with zero attached hydrogens (tertiary/aromatic N) is 1. The third-order valence-electron chi connectivity index (χ3n) is 3.62. The number of carboxylic acid groups (broad SMARTS) is 1. The first kappa shape index (κ1) is 14.4. The van der Waals surface area contributed by atoms with Crippen molar-refractivity contribution in [3.05, 3.63) is 29.8 Å². The highest BCUT2D eigenvalue weighted by atomic mass is 16.4. The quantitative estimate of drug-likeness (QED) is 0.866. The van der Waals surface area contributed by atoms with E-state index in [1.165, 1.54) is 0 Å². The number of carbonyl (C=O) groups excluding carboxylic acids is 1. The van der Waals surface area contributed by atoms with Crippen molar-refractivity contribution in [3.8, 4) is 0 Å². The number of hydrogen-bond acceptors (Lipinski definition) is 2. The van der Waals surface area contributed by atoms with Gasteiger partial charge >= 0.3 is 12.0 Å². The van der Waals surface area contributed by atoms with Crippen LogP contribution in [0, 0.1) is 5.92 Å². The van der Waals surface area contributed by atoms with Crippen LogP contribution in [0.5, 0.6) is 0 Å². The van der Waals surface area contributed by atoms with Gasteiger partial charge in [-0.3, -0.25) is 9.69 Å². The second-order valence-corrected chi connectivity index (χ2v) is 5.04. The Hall–Kier alpha value is -2.04. The zero-order chi connectivity index (χ0) is 14.5. The zero-order valence-electron chi connectivity index (χ0n) is 11.6. The van der Waals surface area contributed by atoms with Crippen LogP contribution in [0.3, 0.4) is 0 Å². The van der Waals surface area contributed by atoms with Gasteiger partial charge in [0.2, 0.25) is 0 Å². The van der Waals surface area contributed by atoms with Crippen LogP contribution in [0.15, 0.2) is 24.3 Å². The molecule has 0 saturated heterocycles. The average Bonchev–Trinajstić information content (AvgIpc) is 2.86. The first-order chi connectivity index (χ1) is 9.63. The summed E-state index contributed by atoms with van der Waals surface area (Å²) in [6.45, 7) is 2.77. The number of hydrogen-bond donors (Lipinski definition) is 2. The van der Waals surface area contributed by atoms with E-state index in [0.29, 0.717) is 13.0 Å². The molecule has 5 heteroatoms. The molecule has 2 rings (SSSR count). The molecule has 0 fully saturated rings. The smallest absolute Gasteiger partial charge is 0.321 e. The van der Waals surface area contributed by atoms with E-state index in [2.05, 4.69) is 5.32 Å². The standard InChI is InChI=1S/C15H20N2O3/c1-2-5-12(14(18)19)10-16-15(20)17-9-8-11-6-3-4-7-13(11)17/h3-4,6-7,12H,2,5,8-10H2,1H3,(H,16,20)(H,18,19). The van der Waals surface area contributed by atoms with Gasteiger partial charge in [-0.2, -0.15) is 0 Å². The number of rotatable bonds is 5. The van der Waals surface area contributed by atoms with Gasteiger partial charge in [-0.15, -0.1) is 0 Å². The van der Waals surface area contributed by atoms with Crippen LogP contribution in [0.4, 0.5) is 10.5 Å². The number of carboxylic acids is 1. The summed E-state index contributed by atoms with van der Waals surface area (Å²) in [5, 5.41) is 11.8. The van der Waals surface area contributed by atoms with Crippen LogP contribution < -0.4 is 10.2 Å². The molecule has 2 N–H and O–H groups in total. The summed E-state index contributed by atoms with van der Waals surface area (Å²) >= 11 is 0. The highest BCUT2D eigenvalue weighted by Gasteiger charge is 2.25. The Morgan fingerprint density at radius 3 is 2.85 bits per heavy atom. The minimum atomic E-state index is -0.853. The Balaban J connectivity index is 1.95. The zero-order valence-corrected chi connectivity index (χ0v) is 11.6. The molecule has 1 heterocycles. The van der Waals surface area contributed by atoms with Crippen LogP contribution in [0.1, 0.15) is 25.3 Å². The molecular weight excluding hydrogens is 256 g/mol. The summed E-state index contributed by atoms with van der Waals surface area (Å²) in [5.74, 6) is -1.37. The van der Waals surface area contributed by atoms with E-state index in [4.69, 9.17) is 5.11 Å². The van der Waals surface area contributed by atoms with Gasteiger partial charge in [0.25, 0.3) is 0 Å². The Morgan fingerprint density at radius 1 is 1.40 bits per heavy atom. The van der Waals surface area contributed by atoms with Gasteiger partial charge in [0.1, 0.15) is 0 Å². The molecule has 1 aliphatic rings. The number of para-hydroxylation sites is 1. The van der Waals surface area contributed by atoms with Crippen molar-refractivity contribution in [2.75, 3.05) is 18.0 Å². The van der Waals surface area contributed by atoms with Crippen molar-refractivity contribution >= 4 is 17.7 Å². The van der Waals surface area contributed by atoms with Crippen molar-refractivity contribution < 1.29 is 14.7 Å². The lowest BCUT2D eigenvalue weighted by Gasteiger charge is -2.19. The number of urea groups is 1. The maximum atomic E-state index is 12.2. The van der Waals surface area contributed by atoms with Crippen molar-refractivity contribution in [2.24, 2.45) is 5.92 Å². The van der Waals surface area contributed by atoms with Crippen molar-refractivity contribution in [1.29, 1.82) is 0 Å². The minimum absolute atomic E-state index is 0.181. The van der Waals surface area contributed by atoms with Crippen LogP contribution in [0.25, 0.3) is 0 Å². The third kappa shape index (κ3) is 3.10. The number of nitrogens with one attached hydrogen (secondary N) is 1. The summed E-state index contributed by atoms with van der Waals surface area (Å²) in [5.41, 5.74) is 2.08. The van der Waals surface area contributed by atoms with E-state index < -0.39 is 11.9 Å². The van der Waals surface area contributed by atoms with Crippen LogP contribution in [-0.4, -0.2) is 30.2 Å². The van der Waals surface area contributed by atoms with E-state index in [1.54, 1.807) is 4.90 Å². The molecule has 1 aromatic rings. The lowest BCUT2D eigenvalue weighted by Crippen LogP contribution is -2.42. The van der Waals surface area contributed by atoms with Crippen LogP contribution in [0.2, 0.25) is 0 Å². The fourth-order valence-electron chi connectivity index (χ4n) is 2.52. The molecule has 0 bridgehead atoms. The molecule has 1 aromatic carbocycles. The maximum absolute atomic E-state index is 12.2. The molecule has 0 aliphatic carbocycles. The lowest BCUT2D eigenvalue weighted by atomic mass is 10.0. The van der Waals surface area contributed by atoms with Crippen molar-refractivity contribution in [2.45, 2.75) is 26.2 Å². The van der Waals surface area contributed by atoms with E-state index >= 15 is 0 Å². The molecule has 0 saturated carbocycles. The fourth-order valence-corrected chi connectivity index (χ4v) is 2.52. The normalized spacial score (nSPS) is 14.8. The monoisotopic (exact) mass is 276 g/mol. The van der Waals surface area contributed by atoms with Gasteiger partial charge in [0, 0.05) is 18.8 Å². The van der Waals surface area contributed by atoms with Gasteiger partial charge < -0.3 is 10.4 Å². The van der Waals surface area contributed by atoms with E-state index in [-0.39, 0.29) is 12.6 Å². The van der Waals surface area contributed by atoms with Crippen LogP contribution in [-0.2, 0) is 11.2 Å². The Morgan fingerprint density at radius 2 is 2.15 bits per heavy atom. The summed E-state index contributed by atoms with van der Waals surface area (Å²) < 4.78 is 0. The van der Waals surface area contributed by atoms with E-state index in [9.17, 15) is 9.59 Å². The Kier molecular flexibility index (Phi) is 4.61. The van der Waals surface area contributed by atoms with Gasteiger partial charge in [-0.25, -0.2) is 4.79 Å². The third-order valence-corrected chi connectivity index (χ3v) is 3.62. The molecule has 5 nitrogen and oxygen atoms in total. The number of anilines is 1. The van der Waals surface area contributed by atoms with Gasteiger partial charge in [0.15, 0.2) is 0 Å². The second kappa shape index (κ2) is 6.41. The SMILES string of the molecule is CCCC(CNC(=O)N1CCc2ccccc21)C(=O)O. The Labute approximate surface area is 118 Å². The highest BCUT2D eigenvalue weighted by molar-refractivity contribution is 5.94. The first-order valence-corrected chi connectivity index (χ1v) is 6.99. The number of fused-ring (bicyclic) bond motifs is 1. The summed E-state index contributed by atoms with van der Waals surface area (Å²) in [4.78, 5) is 24.9. The number of benzene rings is 1. The lowest BCUT2D eigenvalue weighted by molar-refractivity contribution is -0.141. The minimum Gasteiger partial charge on any atom is -0.481 e. The molecule has 0 spiro atoms. The highest BCUT2D eigenvalue weighted by Crippen LogP contribution is 2.27. The second-order valence-electron chi connectivity index (χ2n) is 5.04. The fraction of sp³-hybridized carbons (Fsp3) is 0.467. The Bertz CT molecular complexity index is 502. The van der Waals surface area contributed by atoms with E-state index in [0.717, 1.165) is 24.1 Å². The predicted octanol–water partition coefficient (Wildman–Crippen LogP) is 2.26. The van der Waals surface area contributed by atoms with E-state index in [1.807, 2.05) is 31.2 Å². The maximum Gasteiger partial charge on any atom is 0.321 e. The van der Waals surface area contributed by atoms with Crippen molar-refractivity contribution in [1.82, 2.24) is 5.32 Å². The molecule has 1 unspecified atom stereocenters. The molecule has 0 aromatic heterocycles. The molecule has 108 valence electrons. The molecular formula is C15H20N2O3.